The number of ether oxygens (including phenoxy) is 3. The van der Waals surface area contributed by atoms with Crippen LogP contribution in [0.2, 0.25) is 0 Å². The summed E-state index contributed by atoms with van der Waals surface area (Å²) in [6, 6.07) is 14.7. The summed E-state index contributed by atoms with van der Waals surface area (Å²) >= 11 is 1.22. The van der Waals surface area contributed by atoms with Crippen LogP contribution >= 0.6 is 11.3 Å². The number of anilines is 1. The Morgan fingerprint density at radius 1 is 1.06 bits per heavy atom. The number of nitrogens with one attached hydrogen (secondary N) is 2. The van der Waals surface area contributed by atoms with E-state index in [0.717, 1.165) is 16.7 Å². The van der Waals surface area contributed by atoms with Crippen LogP contribution in [0.4, 0.5) is 5.00 Å². The molecule has 2 heterocycles. The quantitative estimate of drug-likeness (QED) is 0.354. The van der Waals surface area contributed by atoms with Crippen molar-refractivity contribution in [1.29, 1.82) is 0 Å². The van der Waals surface area contributed by atoms with E-state index in [1.165, 1.54) is 17.4 Å². The van der Waals surface area contributed by atoms with Crippen molar-refractivity contribution in [3.63, 3.8) is 0 Å². The Morgan fingerprint density at radius 3 is 2.60 bits per heavy atom. The topological polar surface area (TPSA) is 103 Å². The Balaban J connectivity index is 1.43. The summed E-state index contributed by atoms with van der Waals surface area (Å²) in [4.78, 5) is 37.7. The number of hydrogen-bond acceptors (Lipinski definition) is 7. The van der Waals surface area contributed by atoms with Gasteiger partial charge in [0.1, 0.15) is 10.6 Å². The molecular weight excluding hydrogens is 468 g/mol. The second-order valence-corrected chi connectivity index (χ2v) is 8.85. The summed E-state index contributed by atoms with van der Waals surface area (Å²) in [5.74, 6) is -0.219. The van der Waals surface area contributed by atoms with Crippen molar-refractivity contribution in [2.24, 2.45) is 0 Å². The monoisotopic (exact) mass is 492 g/mol. The molecule has 4 rings (SSSR count). The van der Waals surface area contributed by atoms with Gasteiger partial charge in [-0.1, -0.05) is 42.0 Å². The first-order valence-electron chi connectivity index (χ1n) is 10.9. The molecule has 0 atom stereocenters. The van der Waals surface area contributed by atoms with Gasteiger partial charge in [0.05, 0.1) is 0 Å². The molecule has 0 spiro atoms. The number of thiophene rings is 1. The summed E-state index contributed by atoms with van der Waals surface area (Å²) in [7, 11) is 0. The number of hydrogen-bond donors (Lipinski definition) is 2. The van der Waals surface area contributed by atoms with Gasteiger partial charge in [0, 0.05) is 23.6 Å². The maximum atomic E-state index is 13.0. The Morgan fingerprint density at radius 2 is 1.83 bits per heavy atom. The van der Waals surface area contributed by atoms with Crippen LogP contribution in [-0.2, 0) is 20.9 Å². The number of fused-ring (bicyclic) bond motifs is 1. The highest BCUT2D eigenvalue weighted by atomic mass is 32.1. The predicted molar refractivity (Wildman–Crippen MR) is 133 cm³/mol. The van der Waals surface area contributed by atoms with Gasteiger partial charge in [-0.15, -0.1) is 11.3 Å². The molecule has 0 unspecified atom stereocenters. The van der Waals surface area contributed by atoms with Crippen LogP contribution in [0.1, 0.15) is 29.8 Å². The minimum absolute atomic E-state index is 0.172. The first kappa shape index (κ1) is 24.0. The van der Waals surface area contributed by atoms with Gasteiger partial charge in [-0.25, -0.2) is 4.79 Å². The molecule has 0 saturated heterocycles. The summed E-state index contributed by atoms with van der Waals surface area (Å²) in [5, 5.41) is 7.61. The number of allylic oxidation sites excluding steroid dienone is 1. The fraction of sp³-hybridized carbons (Fsp3) is 0.192. The van der Waals surface area contributed by atoms with Gasteiger partial charge in [0.25, 0.3) is 5.91 Å². The molecule has 2 aromatic carbocycles. The van der Waals surface area contributed by atoms with E-state index >= 15 is 0 Å². The third-order valence-corrected chi connectivity index (χ3v) is 5.89. The van der Waals surface area contributed by atoms with Crippen molar-refractivity contribution in [3.05, 3.63) is 76.7 Å². The number of carbonyl (C=O) groups is 3. The van der Waals surface area contributed by atoms with Crippen LogP contribution in [0.25, 0.3) is 11.1 Å². The molecule has 0 radical (unpaired) electrons. The third-order valence-electron chi connectivity index (χ3n) is 5.00. The fourth-order valence-electron chi connectivity index (χ4n) is 3.40. The normalized spacial score (nSPS) is 11.5. The second-order valence-electron chi connectivity index (χ2n) is 7.97. The predicted octanol–water partition coefficient (Wildman–Crippen LogP) is 4.52. The molecule has 9 heteroatoms. The maximum Gasteiger partial charge on any atom is 0.342 e. The minimum Gasteiger partial charge on any atom is -0.454 e. The summed E-state index contributed by atoms with van der Waals surface area (Å²) in [6.45, 7) is 3.56. The first-order chi connectivity index (χ1) is 16.9. The number of esters is 1. The molecule has 1 aliphatic rings. The zero-order valence-corrected chi connectivity index (χ0v) is 20.1. The highest BCUT2D eigenvalue weighted by molar-refractivity contribution is 7.15. The van der Waals surface area contributed by atoms with E-state index in [1.54, 1.807) is 31.4 Å². The Kier molecular flexibility index (Phi) is 7.47. The maximum absolute atomic E-state index is 13.0. The third kappa shape index (κ3) is 6.07. The summed E-state index contributed by atoms with van der Waals surface area (Å²) < 4.78 is 15.9. The first-order valence-corrected chi connectivity index (χ1v) is 11.7. The second kappa shape index (κ2) is 10.9. The van der Waals surface area contributed by atoms with Crippen molar-refractivity contribution >= 4 is 34.1 Å². The van der Waals surface area contributed by atoms with Crippen molar-refractivity contribution < 1.29 is 28.6 Å². The molecule has 0 fully saturated rings. The molecular formula is C26H24N2O6S. The zero-order valence-electron chi connectivity index (χ0n) is 19.3. The highest BCUT2D eigenvalue weighted by Gasteiger charge is 2.23. The zero-order chi connectivity index (χ0) is 24.8. The molecule has 1 aliphatic heterocycles. The van der Waals surface area contributed by atoms with Crippen molar-refractivity contribution in [2.75, 3.05) is 18.7 Å². The lowest BCUT2D eigenvalue weighted by molar-refractivity contribution is -0.124. The molecule has 8 nitrogen and oxygen atoms in total. The number of carbonyl (C=O) groups excluding carboxylic acids is 3. The fourth-order valence-corrected chi connectivity index (χ4v) is 4.36. The Hall–Kier alpha value is -4.11. The van der Waals surface area contributed by atoms with Gasteiger partial charge >= 0.3 is 5.97 Å². The molecule has 2 N–H and O–H groups in total. The average molecular weight is 493 g/mol. The highest BCUT2D eigenvalue weighted by Crippen LogP contribution is 2.36. The Bertz CT molecular complexity index is 1280. The molecule has 0 bridgehead atoms. The minimum atomic E-state index is -0.698. The van der Waals surface area contributed by atoms with Crippen LogP contribution in [-0.4, -0.2) is 31.2 Å². The van der Waals surface area contributed by atoms with E-state index < -0.39 is 18.5 Å². The van der Waals surface area contributed by atoms with Crippen molar-refractivity contribution in [2.45, 2.75) is 20.4 Å². The molecule has 2 amide bonds. The summed E-state index contributed by atoms with van der Waals surface area (Å²) in [5.41, 5.74) is 3.27. The smallest absolute Gasteiger partial charge is 0.342 e. The lowest BCUT2D eigenvalue weighted by Gasteiger charge is -2.10. The van der Waals surface area contributed by atoms with E-state index in [-0.39, 0.29) is 24.8 Å². The number of rotatable bonds is 8. The van der Waals surface area contributed by atoms with Gasteiger partial charge < -0.3 is 24.8 Å². The molecule has 0 saturated carbocycles. The van der Waals surface area contributed by atoms with Crippen LogP contribution in [0.15, 0.2) is 65.6 Å². The molecule has 1 aromatic heterocycles. The molecule has 180 valence electrons. The van der Waals surface area contributed by atoms with Crippen LogP contribution in [0, 0.1) is 0 Å². The molecule has 0 aliphatic carbocycles. The van der Waals surface area contributed by atoms with E-state index in [4.69, 9.17) is 14.2 Å². The SMILES string of the molecule is CC(C)=CC(=O)Nc1scc(-c2ccccc2)c1C(=O)OCC(=O)NCc1ccc2c(c1)OCO2. The molecule has 3 aromatic rings. The molecule has 35 heavy (non-hydrogen) atoms. The van der Waals surface area contributed by atoms with E-state index in [2.05, 4.69) is 10.6 Å². The summed E-state index contributed by atoms with van der Waals surface area (Å²) in [6.07, 6.45) is 1.45. The standard InChI is InChI=1S/C26H24N2O6S/c1-16(2)10-22(29)28-25-24(19(14-35-25)18-6-4-3-5-7-18)26(31)32-13-23(30)27-12-17-8-9-20-21(11-17)34-15-33-20/h3-11,14H,12-13,15H2,1-2H3,(H,27,30)(H,28,29). The van der Waals surface area contributed by atoms with Gasteiger partial charge in [0.15, 0.2) is 18.1 Å². The van der Waals surface area contributed by atoms with E-state index in [1.807, 2.05) is 36.4 Å². The van der Waals surface area contributed by atoms with Crippen molar-refractivity contribution in [3.8, 4) is 22.6 Å². The average Bonchev–Trinajstić information content (AvgIpc) is 3.48. The van der Waals surface area contributed by atoms with Gasteiger partial charge in [-0.2, -0.15) is 0 Å². The van der Waals surface area contributed by atoms with Crippen LogP contribution < -0.4 is 20.1 Å². The Labute approximate surface area is 206 Å². The van der Waals surface area contributed by atoms with Gasteiger partial charge in [-0.05, 0) is 37.1 Å². The largest absolute Gasteiger partial charge is 0.454 e. The van der Waals surface area contributed by atoms with E-state index in [0.29, 0.717) is 22.1 Å². The van der Waals surface area contributed by atoms with E-state index in [9.17, 15) is 14.4 Å². The van der Waals surface area contributed by atoms with Crippen molar-refractivity contribution in [1.82, 2.24) is 5.32 Å². The van der Waals surface area contributed by atoms with Gasteiger partial charge in [0.2, 0.25) is 12.7 Å². The van der Waals surface area contributed by atoms with Crippen LogP contribution in [0.5, 0.6) is 11.5 Å². The van der Waals surface area contributed by atoms with Gasteiger partial charge in [-0.3, -0.25) is 9.59 Å². The number of benzene rings is 2. The lowest BCUT2D eigenvalue weighted by atomic mass is 10.0. The van der Waals surface area contributed by atoms with Crippen LogP contribution in [0.3, 0.4) is 0 Å². The number of amides is 2. The lowest BCUT2D eigenvalue weighted by Crippen LogP contribution is -2.28.